The van der Waals surface area contributed by atoms with E-state index in [1.807, 2.05) is 6.07 Å². The number of sulfonamides is 1. The predicted molar refractivity (Wildman–Crippen MR) is 149 cm³/mol. The fraction of sp³-hybridized carbons (Fsp3) is 0.481. The van der Waals surface area contributed by atoms with Crippen LogP contribution in [0.2, 0.25) is 10.0 Å². The lowest BCUT2D eigenvalue weighted by Crippen LogP contribution is -2.50. The Morgan fingerprint density at radius 1 is 1.05 bits per heavy atom. The van der Waals surface area contributed by atoms with Crippen LogP contribution in [0.25, 0.3) is 0 Å². The van der Waals surface area contributed by atoms with Gasteiger partial charge >= 0.3 is 0 Å². The number of para-hydroxylation sites is 1. The molecule has 202 valence electrons. The van der Waals surface area contributed by atoms with Crippen molar-refractivity contribution in [1.82, 2.24) is 10.2 Å². The molecule has 1 saturated carbocycles. The van der Waals surface area contributed by atoms with Crippen molar-refractivity contribution in [3.63, 3.8) is 0 Å². The summed E-state index contributed by atoms with van der Waals surface area (Å²) >= 11 is 12.4. The maximum Gasteiger partial charge on any atom is 0.242 e. The van der Waals surface area contributed by atoms with E-state index in [0.29, 0.717) is 27.7 Å². The molecule has 0 radical (unpaired) electrons. The van der Waals surface area contributed by atoms with Gasteiger partial charge in [0, 0.05) is 35.6 Å². The number of amides is 2. The first-order valence-electron chi connectivity index (χ1n) is 12.6. The Kier molecular flexibility index (Phi) is 10.7. The summed E-state index contributed by atoms with van der Waals surface area (Å²) in [6.07, 6.45) is 6.74. The van der Waals surface area contributed by atoms with Gasteiger partial charge in [0.05, 0.1) is 11.9 Å². The van der Waals surface area contributed by atoms with Gasteiger partial charge in [0.15, 0.2) is 0 Å². The maximum absolute atomic E-state index is 13.4. The Morgan fingerprint density at radius 2 is 1.73 bits per heavy atom. The monoisotopic (exact) mass is 567 g/mol. The van der Waals surface area contributed by atoms with Crippen LogP contribution < -0.4 is 9.62 Å². The summed E-state index contributed by atoms with van der Waals surface area (Å²) in [7, 11) is -3.53. The number of carbonyl (C=O) groups excluding carboxylic acids is 2. The molecule has 1 N–H and O–H groups in total. The van der Waals surface area contributed by atoms with Gasteiger partial charge in [-0.2, -0.15) is 0 Å². The molecular weight excluding hydrogens is 533 g/mol. The fourth-order valence-electron chi connectivity index (χ4n) is 4.58. The Morgan fingerprint density at radius 3 is 2.35 bits per heavy atom. The Balaban J connectivity index is 1.73. The number of rotatable bonds is 11. The molecule has 7 nitrogen and oxygen atoms in total. The Labute approximate surface area is 230 Å². The fourth-order valence-corrected chi connectivity index (χ4v) is 6.02. The lowest BCUT2D eigenvalue weighted by Gasteiger charge is -2.32. The van der Waals surface area contributed by atoms with Gasteiger partial charge in [-0.15, -0.1) is 0 Å². The molecule has 3 rings (SSSR count). The zero-order chi connectivity index (χ0) is 27.0. The van der Waals surface area contributed by atoms with Gasteiger partial charge in [0.25, 0.3) is 0 Å². The van der Waals surface area contributed by atoms with E-state index in [9.17, 15) is 18.0 Å². The van der Waals surface area contributed by atoms with Crippen molar-refractivity contribution >= 4 is 50.7 Å². The molecule has 0 aliphatic heterocycles. The minimum Gasteiger partial charge on any atom is -0.352 e. The van der Waals surface area contributed by atoms with E-state index < -0.39 is 16.1 Å². The standard InChI is InChI=1S/C27H35Cl2N3O4S/c1-20(27(34)30-23-10-5-3-6-11-23)31(19-21-15-16-22(28)18-25(21)29)26(33)14-9-17-32(37(2,35)36)24-12-7-4-8-13-24/h4,7-8,12-13,15-16,18,20,23H,3,5-6,9-11,14,17,19H2,1-2H3,(H,30,34)/t20-/m0/s1. The first kappa shape index (κ1) is 29.3. The highest BCUT2D eigenvalue weighted by atomic mass is 35.5. The molecule has 1 aliphatic rings. The van der Waals surface area contributed by atoms with Crippen molar-refractivity contribution in [2.24, 2.45) is 0 Å². The largest absolute Gasteiger partial charge is 0.352 e. The van der Waals surface area contributed by atoms with Gasteiger partial charge in [0.1, 0.15) is 6.04 Å². The van der Waals surface area contributed by atoms with Crippen LogP contribution in [0.4, 0.5) is 5.69 Å². The minimum absolute atomic E-state index is 0.0745. The smallest absolute Gasteiger partial charge is 0.242 e. The van der Waals surface area contributed by atoms with Crippen LogP contribution in [0.15, 0.2) is 48.5 Å². The van der Waals surface area contributed by atoms with Crippen LogP contribution in [0.3, 0.4) is 0 Å². The van der Waals surface area contributed by atoms with Gasteiger partial charge < -0.3 is 10.2 Å². The molecule has 2 aromatic rings. The van der Waals surface area contributed by atoms with Crippen LogP contribution in [-0.2, 0) is 26.2 Å². The Bertz CT molecular complexity index is 1170. The van der Waals surface area contributed by atoms with E-state index in [-0.39, 0.29) is 37.4 Å². The molecule has 1 fully saturated rings. The summed E-state index contributed by atoms with van der Waals surface area (Å²) in [6, 6.07) is 13.2. The van der Waals surface area contributed by atoms with Gasteiger partial charge in [-0.3, -0.25) is 13.9 Å². The molecule has 0 aromatic heterocycles. The highest BCUT2D eigenvalue weighted by Gasteiger charge is 2.29. The van der Waals surface area contributed by atoms with Crippen molar-refractivity contribution in [3.8, 4) is 0 Å². The summed E-state index contributed by atoms with van der Waals surface area (Å²) in [5, 5.41) is 4.00. The van der Waals surface area contributed by atoms with E-state index in [1.54, 1.807) is 49.4 Å². The van der Waals surface area contributed by atoms with E-state index in [0.717, 1.165) is 31.9 Å². The summed E-state index contributed by atoms with van der Waals surface area (Å²) in [6.45, 7) is 2.00. The molecular formula is C27H35Cl2N3O4S. The quantitative estimate of drug-likeness (QED) is 0.393. The normalized spacial score (nSPS) is 15.1. The summed E-state index contributed by atoms with van der Waals surface area (Å²) < 4.78 is 26.1. The number of anilines is 1. The molecule has 0 heterocycles. The van der Waals surface area contributed by atoms with Crippen molar-refractivity contribution in [1.29, 1.82) is 0 Å². The SMILES string of the molecule is C[C@@H](C(=O)NC1CCCCC1)N(Cc1ccc(Cl)cc1Cl)C(=O)CCCN(c1ccccc1)S(C)(=O)=O. The molecule has 0 spiro atoms. The van der Waals surface area contributed by atoms with Crippen LogP contribution in [0.1, 0.15) is 57.4 Å². The van der Waals surface area contributed by atoms with Crippen molar-refractivity contribution < 1.29 is 18.0 Å². The molecule has 37 heavy (non-hydrogen) atoms. The van der Waals surface area contributed by atoms with Crippen LogP contribution in [0, 0.1) is 0 Å². The number of halogens is 2. The third-order valence-corrected chi connectivity index (χ3v) is 8.45. The lowest BCUT2D eigenvalue weighted by atomic mass is 9.95. The average Bonchev–Trinajstić information content (AvgIpc) is 2.86. The minimum atomic E-state index is -3.53. The number of carbonyl (C=O) groups is 2. The van der Waals surface area contributed by atoms with Gasteiger partial charge in [-0.05, 0) is 56.0 Å². The molecule has 2 amide bonds. The number of hydrogen-bond donors (Lipinski definition) is 1. The number of benzene rings is 2. The third kappa shape index (κ3) is 8.62. The summed E-state index contributed by atoms with van der Waals surface area (Å²) in [5.41, 5.74) is 1.22. The number of hydrogen-bond acceptors (Lipinski definition) is 4. The van der Waals surface area contributed by atoms with Gasteiger partial charge in [-0.25, -0.2) is 8.42 Å². The van der Waals surface area contributed by atoms with E-state index >= 15 is 0 Å². The van der Waals surface area contributed by atoms with Crippen molar-refractivity contribution in [3.05, 3.63) is 64.1 Å². The topological polar surface area (TPSA) is 86.8 Å². The maximum atomic E-state index is 13.4. The lowest BCUT2D eigenvalue weighted by molar-refractivity contribution is -0.141. The van der Waals surface area contributed by atoms with Crippen molar-refractivity contribution in [2.45, 2.75) is 70.5 Å². The molecule has 0 unspecified atom stereocenters. The van der Waals surface area contributed by atoms with Crippen LogP contribution in [0.5, 0.6) is 0 Å². The number of nitrogens with one attached hydrogen (secondary N) is 1. The summed E-state index contributed by atoms with van der Waals surface area (Å²) in [4.78, 5) is 28.1. The van der Waals surface area contributed by atoms with Gasteiger partial charge in [0.2, 0.25) is 21.8 Å². The first-order valence-corrected chi connectivity index (χ1v) is 15.2. The third-order valence-electron chi connectivity index (χ3n) is 6.67. The predicted octanol–water partition coefficient (Wildman–Crippen LogP) is 5.41. The zero-order valence-corrected chi connectivity index (χ0v) is 23.7. The van der Waals surface area contributed by atoms with Crippen LogP contribution >= 0.6 is 23.2 Å². The van der Waals surface area contributed by atoms with Gasteiger partial charge in [-0.1, -0.05) is 66.7 Å². The second-order valence-electron chi connectivity index (χ2n) is 9.55. The van der Waals surface area contributed by atoms with E-state index in [1.165, 1.54) is 15.6 Å². The molecule has 10 heteroatoms. The average molecular weight is 569 g/mol. The molecule has 2 aromatic carbocycles. The number of nitrogens with zero attached hydrogens (tertiary/aromatic N) is 2. The molecule has 0 saturated heterocycles. The second kappa shape index (κ2) is 13.5. The molecule has 1 aliphatic carbocycles. The van der Waals surface area contributed by atoms with E-state index in [4.69, 9.17) is 23.2 Å². The zero-order valence-electron chi connectivity index (χ0n) is 21.3. The summed E-state index contributed by atoms with van der Waals surface area (Å²) in [5.74, 6) is -0.453. The molecule has 0 bridgehead atoms. The second-order valence-corrected chi connectivity index (χ2v) is 12.3. The molecule has 1 atom stereocenters. The van der Waals surface area contributed by atoms with E-state index in [2.05, 4.69) is 5.32 Å². The highest BCUT2D eigenvalue weighted by Crippen LogP contribution is 2.25. The Hall–Kier alpha value is -2.29. The van der Waals surface area contributed by atoms with Crippen molar-refractivity contribution in [2.75, 3.05) is 17.1 Å². The highest BCUT2D eigenvalue weighted by molar-refractivity contribution is 7.92. The first-order chi connectivity index (χ1) is 17.6. The van der Waals surface area contributed by atoms with Crippen LogP contribution in [-0.4, -0.2) is 50.0 Å².